The molecule has 0 spiro atoms. The standard InChI is InChI=1S/C15H24N2O/c1-11(14(18)17-10-15(2,3)4)13-7-5-12(9-16)6-8-13/h5-8,11H,9-10,16H2,1-4H3,(H,17,18)/t11-/m0/s1. The summed E-state index contributed by atoms with van der Waals surface area (Å²) in [5.74, 6) is -0.0513. The highest BCUT2D eigenvalue weighted by atomic mass is 16.1. The molecule has 3 nitrogen and oxygen atoms in total. The van der Waals surface area contributed by atoms with E-state index >= 15 is 0 Å². The monoisotopic (exact) mass is 248 g/mol. The topological polar surface area (TPSA) is 55.1 Å². The van der Waals surface area contributed by atoms with E-state index in [-0.39, 0.29) is 17.2 Å². The molecule has 3 heteroatoms. The number of nitrogens with two attached hydrogens (primary N) is 1. The van der Waals surface area contributed by atoms with Crippen LogP contribution in [0.25, 0.3) is 0 Å². The maximum absolute atomic E-state index is 12.0. The van der Waals surface area contributed by atoms with E-state index in [1.54, 1.807) is 0 Å². The lowest BCUT2D eigenvalue weighted by Crippen LogP contribution is -2.34. The average molecular weight is 248 g/mol. The molecule has 0 saturated carbocycles. The van der Waals surface area contributed by atoms with Crippen LogP contribution in [0, 0.1) is 5.41 Å². The van der Waals surface area contributed by atoms with Crippen LogP contribution in [0.5, 0.6) is 0 Å². The molecule has 3 N–H and O–H groups in total. The van der Waals surface area contributed by atoms with Crippen LogP contribution in [0.3, 0.4) is 0 Å². The summed E-state index contributed by atoms with van der Waals surface area (Å²) in [6.07, 6.45) is 0. The van der Waals surface area contributed by atoms with Crippen molar-refractivity contribution < 1.29 is 4.79 Å². The molecule has 18 heavy (non-hydrogen) atoms. The molecule has 0 aliphatic carbocycles. The minimum absolute atomic E-state index is 0.0745. The van der Waals surface area contributed by atoms with Crippen molar-refractivity contribution in [2.24, 2.45) is 11.1 Å². The van der Waals surface area contributed by atoms with E-state index in [0.717, 1.165) is 11.1 Å². The fourth-order valence-corrected chi connectivity index (χ4v) is 1.60. The summed E-state index contributed by atoms with van der Waals surface area (Å²) in [5, 5.41) is 2.99. The molecular weight excluding hydrogens is 224 g/mol. The molecule has 100 valence electrons. The van der Waals surface area contributed by atoms with Crippen molar-refractivity contribution in [3.8, 4) is 0 Å². The summed E-state index contributed by atoms with van der Waals surface area (Å²) in [6.45, 7) is 9.47. The fraction of sp³-hybridized carbons (Fsp3) is 0.533. The highest BCUT2D eigenvalue weighted by Crippen LogP contribution is 2.17. The van der Waals surface area contributed by atoms with E-state index in [1.807, 2.05) is 31.2 Å². The summed E-state index contributed by atoms with van der Waals surface area (Å²) in [7, 11) is 0. The normalized spacial score (nSPS) is 13.2. The molecule has 0 bridgehead atoms. The number of amides is 1. The van der Waals surface area contributed by atoms with Crippen LogP contribution in [0.4, 0.5) is 0 Å². The third-order valence-electron chi connectivity index (χ3n) is 2.90. The van der Waals surface area contributed by atoms with Crippen molar-refractivity contribution in [2.45, 2.75) is 40.2 Å². The Kier molecular flexibility index (Phi) is 4.91. The van der Waals surface area contributed by atoms with Gasteiger partial charge in [-0.2, -0.15) is 0 Å². The van der Waals surface area contributed by atoms with Gasteiger partial charge in [0.15, 0.2) is 0 Å². The van der Waals surface area contributed by atoms with Gasteiger partial charge in [0.1, 0.15) is 0 Å². The third kappa shape index (κ3) is 4.49. The lowest BCUT2D eigenvalue weighted by molar-refractivity contribution is -0.122. The molecule has 1 aromatic rings. The molecule has 1 atom stereocenters. The molecule has 0 saturated heterocycles. The largest absolute Gasteiger partial charge is 0.355 e. The molecule has 0 unspecified atom stereocenters. The molecule has 0 aliphatic rings. The van der Waals surface area contributed by atoms with E-state index in [2.05, 4.69) is 26.1 Å². The van der Waals surface area contributed by atoms with E-state index < -0.39 is 0 Å². The summed E-state index contributed by atoms with van der Waals surface area (Å²) < 4.78 is 0. The number of hydrogen-bond donors (Lipinski definition) is 2. The molecule has 0 radical (unpaired) electrons. The first kappa shape index (κ1) is 14.7. The predicted octanol–water partition coefficient (Wildman–Crippen LogP) is 2.41. The van der Waals surface area contributed by atoms with Crippen LogP contribution in [0.1, 0.15) is 44.7 Å². The van der Waals surface area contributed by atoms with Gasteiger partial charge in [-0.25, -0.2) is 0 Å². The summed E-state index contributed by atoms with van der Waals surface area (Å²) in [6, 6.07) is 7.90. The Morgan fingerprint density at radius 2 is 1.83 bits per heavy atom. The van der Waals surface area contributed by atoms with Gasteiger partial charge in [0.2, 0.25) is 5.91 Å². The predicted molar refractivity (Wildman–Crippen MR) is 75.2 cm³/mol. The maximum Gasteiger partial charge on any atom is 0.227 e. The number of hydrogen-bond acceptors (Lipinski definition) is 2. The van der Waals surface area contributed by atoms with Crippen molar-refractivity contribution in [3.05, 3.63) is 35.4 Å². The Balaban J connectivity index is 2.62. The molecule has 0 heterocycles. The van der Waals surface area contributed by atoms with Crippen LogP contribution >= 0.6 is 0 Å². The number of rotatable bonds is 4. The molecule has 0 aromatic heterocycles. The Morgan fingerprint density at radius 1 is 1.28 bits per heavy atom. The maximum atomic E-state index is 12.0. The minimum atomic E-state index is -0.126. The second-order valence-corrected chi connectivity index (χ2v) is 5.95. The Labute approximate surface area is 110 Å². The van der Waals surface area contributed by atoms with Gasteiger partial charge < -0.3 is 11.1 Å². The highest BCUT2D eigenvalue weighted by molar-refractivity contribution is 5.83. The molecular formula is C15H24N2O. The van der Waals surface area contributed by atoms with Crippen molar-refractivity contribution in [1.82, 2.24) is 5.32 Å². The number of benzene rings is 1. The first-order chi connectivity index (χ1) is 8.33. The van der Waals surface area contributed by atoms with Gasteiger partial charge in [0.25, 0.3) is 0 Å². The number of carbonyl (C=O) groups is 1. The fourth-order valence-electron chi connectivity index (χ4n) is 1.60. The van der Waals surface area contributed by atoms with Gasteiger partial charge in [-0.05, 0) is 23.5 Å². The SMILES string of the molecule is C[C@H](C(=O)NCC(C)(C)C)c1ccc(CN)cc1. The van der Waals surface area contributed by atoms with Crippen LogP contribution < -0.4 is 11.1 Å². The molecule has 0 fully saturated rings. The van der Waals surface area contributed by atoms with Crippen molar-refractivity contribution in [2.75, 3.05) is 6.54 Å². The Bertz CT molecular complexity index is 390. The highest BCUT2D eigenvalue weighted by Gasteiger charge is 2.17. The number of carbonyl (C=O) groups excluding carboxylic acids is 1. The van der Waals surface area contributed by atoms with E-state index in [0.29, 0.717) is 13.1 Å². The van der Waals surface area contributed by atoms with Gasteiger partial charge in [-0.15, -0.1) is 0 Å². The first-order valence-electron chi connectivity index (χ1n) is 6.40. The average Bonchev–Trinajstić information content (AvgIpc) is 2.34. The van der Waals surface area contributed by atoms with E-state index in [4.69, 9.17) is 5.73 Å². The lowest BCUT2D eigenvalue weighted by atomic mass is 9.95. The summed E-state index contributed by atoms with van der Waals surface area (Å²) in [5.41, 5.74) is 7.77. The van der Waals surface area contributed by atoms with Crippen LogP contribution in [0.15, 0.2) is 24.3 Å². The zero-order chi connectivity index (χ0) is 13.8. The van der Waals surface area contributed by atoms with E-state index in [9.17, 15) is 4.79 Å². The molecule has 1 rings (SSSR count). The zero-order valence-electron chi connectivity index (χ0n) is 11.8. The Hall–Kier alpha value is -1.35. The van der Waals surface area contributed by atoms with E-state index in [1.165, 1.54) is 0 Å². The summed E-state index contributed by atoms with van der Waals surface area (Å²) in [4.78, 5) is 12.0. The zero-order valence-corrected chi connectivity index (χ0v) is 11.8. The Morgan fingerprint density at radius 3 is 2.28 bits per heavy atom. The smallest absolute Gasteiger partial charge is 0.227 e. The van der Waals surface area contributed by atoms with Crippen molar-refractivity contribution >= 4 is 5.91 Å². The molecule has 0 aliphatic heterocycles. The quantitative estimate of drug-likeness (QED) is 0.859. The minimum Gasteiger partial charge on any atom is -0.355 e. The molecule has 1 amide bonds. The van der Waals surface area contributed by atoms with Crippen LogP contribution in [-0.4, -0.2) is 12.5 Å². The van der Waals surface area contributed by atoms with Gasteiger partial charge in [-0.1, -0.05) is 45.0 Å². The van der Waals surface area contributed by atoms with Crippen molar-refractivity contribution in [3.63, 3.8) is 0 Å². The number of nitrogens with one attached hydrogen (secondary N) is 1. The van der Waals surface area contributed by atoms with Gasteiger partial charge in [-0.3, -0.25) is 4.79 Å². The van der Waals surface area contributed by atoms with Crippen LogP contribution in [0.2, 0.25) is 0 Å². The second kappa shape index (κ2) is 6.01. The van der Waals surface area contributed by atoms with Crippen LogP contribution in [-0.2, 0) is 11.3 Å². The van der Waals surface area contributed by atoms with Crippen molar-refractivity contribution in [1.29, 1.82) is 0 Å². The first-order valence-corrected chi connectivity index (χ1v) is 6.40. The lowest BCUT2D eigenvalue weighted by Gasteiger charge is -2.20. The van der Waals surface area contributed by atoms with Gasteiger partial charge in [0.05, 0.1) is 5.92 Å². The molecule has 1 aromatic carbocycles. The third-order valence-corrected chi connectivity index (χ3v) is 2.90. The van der Waals surface area contributed by atoms with Gasteiger partial charge in [0, 0.05) is 13.1 Å². The van der Waals surface area contributed by atoms with Gasteiger partial charge >= 0.3 is 0 Å². The second-order valence-electron chi connectivity index (χ2n) is 5.95. The summed E-state index contributed by atoms with van der Waals surface area (Å²) >= 11 is 0.